The minimum Gasteiger partial charge on any atom is -0.848 e. The van der Waals surface area contributed by atoms with E-state index in [1.165, 1.54) is 0 Å². The quantitative estimate of drug-likeness (QED) is 0.180. The fourth-order valence-electron chi connectivity index (χ4n) is 2.24. The summed E-state index contributed by atoms with van der Waals surface area (Å²) >= 11 is 0. The van der Waals surface area contributed by atoms with Crippen molar-refractivity contribution in [1.82, 2.24) is 6.15 Å². The van der Waals surface area contributed by atoms with Crippen LogP contribution in [0, 0.1) is 10.1 Å². The number of quaternary nitrogens is 1. The lowest BCUT2D eigenvalue weighted by atomic mass is 9.85. The Bertz CT molecular complexity index is 656. The third-order valence-corrected chi connectivity index (χ3v) is 4.52. The predicted octanol–water partition coefficient (Wildman–Crippen LogP) is -1.98. The van der Waals surface area contributed by atoms with Crippen LogP contribution in [0.3, 0.4) is 0 Å². The first kappa shape index (κ1) is 22.4. The Morgan fingerprint density at radius 2 is 1.50 bits per heavy atom. The number of nitrogens with zero attached hydrogens (tertiary/aromatic N) is 1. The molecule has 0 saturated heterocycles. The van der Waals surface area contributed by atoms with Crippen LogP contribution in [-0.2, 0) is 9.09 Å². The average molecular weight is 398 g/mol. The van der Waals surface area contributed by atoms with Crippen molar-refractivity contribution in [2.45, 2.75) is 36.6 Å². The predicted molar refractivity (Wildman–Crippen MR) is 82.2 cm³/mol. The van der Waals surface area contributed by atoms with Crippen LogP contribution in [0.25, 0.3) is 0 Å². The van der Waals surface area contributed by atoms with Gasteiger partial charge in [-0.1, -0.05) is 6.10 Å². The maximum Gasteiger partial charge on any atom is 0.527 e. The van der Waals surface area contributed by atoms with Gasteiger partial charge in [-0.15, -0.1) is 0 Å². The topological polar surface area (TPSA) is 239 Å². The van der Waals surface area contributed by atoms with Gasteiger partial charge >= 0.3 is 7.82 Å². The van der Waals surface area contributed by atoms with E-state index in [0.29, 0.717) is 0 Å². The van der Waals surface area contributed by atoms with Gasteiger partial charge < -0.3 is 36.2 Å². The van der Waals surface area contributed by atoms with Crippen molar-refractivity contribution in [3.8, 4) is 5.75 Å². The number of aliphatic hydroxyl groups excluding tert-OH is 4. The van der Waals surface area contributed by atoms with Gasteiger partial charge in [-0.2, -0.15) is 0 Å². The monoisotopic (exact) mass is 398 g/mol. The van der Waals surface area contributed by atoms with Crippen LogP contribution in [0.4, 0.5) is 5.69 Å². The highest BCUT2D eigenvalue weighted by atomic mass is 31.2. The largest absolute Gasteiger partial charge is 0.848 e. The number of rotatable bonds is 5. The third-order valence-electron chi connectivity index (χ3n) is 3.57. The number of nitro groups is 1. The zero-order chi connectivity index (χ0) is 18.9. The summed E-state index contributed by atoms with van der Waals surface area (Å²) in [6.07, 6.45) is -12.3. The second-order valence-corrected chi connectivity index (χ2v) is 6.64. The molecule has 1 unspecified atom stereocenters. The molecule has 1 fully saturated rings. The summed E-state index contributed by atoms with van der Waals surface area (Å²) in [7, 11) is -5.00. The van der Waals surface area contributed by atoms with E-state index in [1.807, 2.05) is 0 Å². The molecule has 1 saturated carbocycles. The van der Waals surface area contributed by atoms with Crippen molar-refractivity contribution in [3.05, 3.63) is 34.4 Å². The van der Waals surface area contributed by atoms with Crippen LogP contribution < -0.4 is 15.8 Å². The summed E-state index contributed by atoms with van der Waals surface area (Å²) in [4.78, 5) is 19.5. The number of nitro benzene ring substituents is 1. The van der Waals surface area contributed by atoms with Crippen molar-refractivity contribution in [3.63, 3.8) is 0 Å². The summed E-state index contributed by atoms with van der Waals surface area (Å²) in [6.45, 7) is 0. The summed E-state index contributed by atoms with van der Waals surface area (Å²) in [6, 6.07) is 3.99. The summed E-state index contributed by atoms with van der Waals surface area (Å²) in [5.41, 5.74) is -0.302. The van der Waals surface area contributed by atoms with Crippen LogP contribution in [-0.4, -0.2) is 66.9 Å². The summed E-state index contributed by atoms with van der Waals surface area (Å²) in [5.74, 6) is -0.301. The number of hydrogen-bond donors (Lipinski definition) is 6. The van der Waals surface area contributed by atoms with Gasteiger partial charge in [0.15, 0.2) is 0 Å². The molecule has 2 rings (SSSR count). The number of non-ortho nitro benzene ring substituents is 1. The molecule has 0 radical (unpaired) electrons. The van der Waals surface area contributed by atoms with Crippen molar-refractivity contribution < 1.29 is 49.0 Å². The first-order valence-electron chi connectivity index (χ1n) is 6.87. The van der Waals surface area contributed by atoms with Gasteiger partial charge in [-0.05, 0) is 12.1 Å². The van der Waals surface area contributed by atoms with Crippen molar-refractivity contribution in [2.24, 2.45) is 0 Å². The summed E-state index contributed by atoms with van der Waals surface area (Å²) < 4.78 is 21.1. The van der Waals surface area contributed by atoms with Gasteiger partial charge in [0.25, 0.3) is 5.69 Å². The smallest absolute Gasteiger partial charge is 0.527 e. The molecule has 0 heterocycles. The number of phosphoric acid groups is 1. The van der Waals surface area contributed by atoms with Gasteiger partial charge in [0, 0.05) is 12.1 Å². The van der Waals surface area contributed by atoms with E-state index in [1.54, 1.807) is 0 Å². The van der Waals surface area contributed by atoms with E-state index in [9.17, 15) is 45.1 Å². The highest BCUT2D eigenvalue weighted by Gasteiger charge is 2.47. The number of phosphoric ester groups is 1. The Hall–Kier alpha value is -1.67. The van der Waals surface area contributed by atoms with Gasteiger partial charge in [-0.3, -0.25) is 19.5 Å². The normalized spacial score (nSPS) is 33.6. The Kier molecular flexibility index (Phi) is 7.18. The van der Waals surface area contributed by atoms with E-state index < -0.39 is 49.4 Å². The standard InChI is InChI=1S/C12H15NO11P.H3N/c14-7-8(15)10(17)12(11(18)9(7)16)24-25(21,22)23-6-3-1-5(2-4-6)13(19)20;/h1-4,7-12,14-17H,(H,21,22);1H3/q-1;/p+1/t7-,8-,9+,10+,11+,12-;/m1./s1. The van der Waals surface area contributed by atoms with E-state index in [4.69, 9.17) is 0 Å². The van der Waals surface area contributed by atoms with E-state index in [-0.39, 0.29) is 17.6 Å². The SMILES string of the molecule is O=[N+]([O-])c1ccc(OP(=O)(O)O[C@H]2[C@@H]([O-])[C@@H](O)[C@H](O)[C@@H](O)[C@@H]2O)cc1.[NH4+]. The van der Waals surface area contributed by atoms with Gasteiger partial charge in [0.05, 0.1) is 17.1 Å². The minimum absolute atomic E-state index is 0. The minimum atomic E-state index is -5.00. The zero-order valence-corrected chi connectivity index (χ0v) is 14.2. The molecule has 0 aliphatic heterocycles. The molecule has 7 atom stereocenters. The molecule has 148 valence electrons. The molecular weight excluding hydrogens is 379 g/mol. The van der Waals surface area contributed by atoms with Crippen molar-refractivity contribution >= 4 is 13.5 Å². The molecule has 0 bridgehead atoms. The van der Waals surface area contributed by atoms with Crippen LogP contribution in [0.2, 0.25) is 0 Å². The number of hydrogen-bond acceptors (Lipinski definition) is 10. The van der Waals surface area contributed by atoms with E-state index in [0.717, 1.165) is 24.3 Å². The lowest BCUT2D eigenvalue weighted by Crippen LogP contribution is -2.68. The van der Waals surface area contributed by atoms with Gasteiger partial charge in [-0.25, -0.2) is 4.57 Å². The van der Waals surface area contributed by atoms with E-state index >= 15 is 0 Å². The van der Waals surface area contributed by atoms with Crippen LogP contribution in [0.15, 0.2) is 24.3 Å². The maximum absolute atomic E-state index is 12.0. The molecule has 1 aromatic rings. The lowest BCUT2D eigenvalue weighted by molar-refractivity contribution is -0.473. The molecule has 1 aromatic carbocycles. The fraction of sp³-hybridized carbons (Fsp3) is 0.500. The Morgan fingerprint density at radius 1 is 1.00 bits per heavy atom. The molecule has 0 amide bonds. The first-order valence-corrected chi connectivity index (χ1v) is 8.36. The second kappa shape index (κ2) is 8.35. The highest BCUT2D eigenvalue weighted by Crippen LogP contribution is 2.47. The van der Waals surface area contributed by atoms with Crippen LogP contribution in [0.1, 0.15) is 0 Å². The Morgan fingerprint density at radius 3 is 2.00 bits per heavy atom. The number of aliphatic hydroxyl groups is 4. The molecule has 14 heteroatoms. The lowest BCUT2D eigenvalue weighted by Gasteiger charge is -2.47. The van der Waals surface area contributed by atoms with E-state index in [2.05, 4.69) is 9.05 Å². The van der Waals surface area contributed by atoms with Gasteiger partial charge in [0.1, 0.15) is 24.1 Å². The van der Waals surface area contributed by atoms with Gasteiger partial charge in [0.2, 0.25) is 0 Å². The second-order valence-electron chi connectivity index (χ2n) is 5.31. The molecule has 13 nitrogen and oxygen atoms in total. The molecule has 26 heavy (non-hydrogen) atoms. The molecule has 9 N–H and O–H groups in total. The zero-order valence-electron chi connectivity index (χ0n) is 13.4. The van der Waals surface area contributed by atoms with Crippen LogP contribution in [0.5, 0.6) is 5.75 Å². The Labute approximate surface area is 146 Å². The average Bonchev–Trinajstić information content (AvgIpc) is 2.55. The first-order chi connectivity index (χ1) is 11.5. The molecule has 1 aliphatic rings. The molecule has 0 spiro atoms. The van der Waals surface area contributed by atoms with Crippen molar-refractivity contribution in [1.29, 1.82) is 0 Å². The molecule has 1 aliphatic carbocycles. The third kappa shape index (κ3) is 4.73. The maximum atomic E-state index is 12.0. The fourth-order valence-corrected chi connectivity index (χ4v) is 3.22. The summed E-state index contributed by atoms with van der Waals surface area (Å²) in [5, 5.41) is 60.5. The van der Waals surface area contributed by atoms with Crippen molar-refractivity contribution in [2.75, 3.05) is 0 Å². The Balaban J connectivity index is 0.00000338. The number of benzene rings is 1. The highest BCUT2D eigenvalue weighted by molar-refractivity contribution is 7.47. The molecule has 0 aromatic heterocycles. The van der Waals surface area contributed by atoms with Crippen LogP contribution >= 0.6 is 7.82 Å². The molecular formula is C12H19N2O11P.